The number of rotatable bonds is 15. The quantitative estimate of drug-likeness (QED) is 0.251. The molecule has 0 bridgehead atoms. The molecule has 6 nitrogen and oxygen atoms in total. The summed E-state index contributed by atoms with van der Waals surface area (Å²) in [4.78, 5) is 12.8. The molecule has 1 aromatic carbocycles. The minimum Gasteiger partial charge on any atom is -0.368 e. The van der Waals surface area contributed by atoms with Crippen LogP contribution in [0.3, 0.4) is 0 Å². The third kappa shape index (κ3) is 6.69. The van der Waals surface area contributed by atoms with Crippen molar-refractivity contribution < 1.29 is 28.0 Å². The van der Waals surface area contributed by atoms with E-state index in [-0.39, 0.29) is 5.78 Å². The monoisotopic (exact) mass is 524 g/mol. The SMILES string of the molecule is CCCCc1ccc(CO[C@H]2[C@@H]([C@H](CCCC)OCl)O[C@]3(C(C)=O)OC(C)(C)O[C@H]23)cc1CCCC. The Morgan fingerprint density at radius 3 is 2.31 bits per heavy atom. The molecule has 2 aliphatic heterocycles. The molecule has 7 heteroatoms. The van der Waals surface area contributed by atoms with E-state index >= 15 is 0 Å². The molecule has 2 fully saturated rings. The molecular weight excluding hydrogens is 480 g/mol. The Balaban J connectivity index is 1.86. The molecule has 3 rings (SSSR count). The Hall–Kier alpha value is -1.02. The highest BCUT2D eigenvalue weighted by Crippen LogP contribution is 2.48. The number of aryl methyl sites for hydroxylation is 2. The van der Waals surface area contributed by atoms with Crippen LogP contribution < -0.4 is 0 Å². The lowest BCUT2D eigenvalue weighted by Crippen LogP contribution is -2.47. The normalized spacial score (nSPS) is 27.8. The molecule has 0 aliphatic carbocycles. The molecule has 0 amide bonds. The number of ketones is 1. The van der Waals surface area contributed by atoms with Gasteiger partial charge in [-0.3, -0.25) is 9.08 Å². The molecule has 0 N–H and O–H groups in total. The van der Waals surface area contributed by atoms with Gasteiger partial charge in [0.15, 0.2) is 17.7 Å². The van der Waals surface area contributed by atoms with Crippen molar-refractivity contribution in [3.63, 3.8) is 0 Å². The van der Waals surface area contributed by atoms with Crippen LogP contribution in [0.25, 0.3) is 0 Å². The second kappa shape index (κ2) is 13.2. The zero-order chi connectivity index (χ0) is 26.3. The molecule has 0 unspecified atom stereocenters. The average Bonchev–Trinajstić information content (AvgIpc) is 3.29. The number of halogens is 1. The first kappa shape index (κ1) is 29.5. The number of carbonyl (C=O) groups is 1. The van der Waals surface area contributed by atoms with Gasteiger partial charge in [0, 0.05) is 6.92 Å². The van der Waals surface area contributed by atoms with Crippen LogP contribution in [0.5, 0.6) is 0 Å². The van der Waals surface area contributed by atoms with Gasteiger partial charge in [-0.15, -0.1) is 0 Å². The zero-order valence-electron chi connectivity index (χ0n) is 22.9. The number of hydrogen-bond acceptors (Lipinski definition) is 6. The van der Waals surface area contributed by atoms with E-state index in [1.54, 1.807) is 13.8 Å². The van der Waals surface area contributed by atoms with Crippen molar-refractivity contribution in [3.05, 3.63) is 34.9 Å². The smallest absolute Gasteiger partial charge is 0.261 e. The van der Waals surface area contributed by atoms with E-state index in [1.807, 2.05) is 0 Å². The molecule has 1 aromatic rings. The molecule has 5 atom stereocenters. The van der Waals surface area contributed by atoms with E-state index in [2.05, 4.69) is 39.0 Å². The van der Waals surface area contributed by atoms with E-state index in [9.17, 15) is 4.79 Å². The van der Waals surface area contributed by atoms with Gasteiger partial charge in [0.25, 0.3) is 5.79 Å². The molecule has 0 radical (unpaired) electrons. The Morgan fingerprint density at radius 1 is 1.03 bits per heavy atom. The molecule has 204 valence electrons. The maximum Gasteiger partial charge on any atom is 0.261 e. The highest BCUT2D eigenvalue weighted by molar-refractivity contribution is 6.07. The number of unbranched alkanes of at least 4 members (excludes halogenated alkanes) is 3. The Morgan fingerprint density at radius 2 is 1.69 bits per heavy atom. The van der Waals surface area contributed by atoms with Crippen molar-refractivity contribution in [2.24, 2.45) is 0 Å². The first-order valence-corrected chi connectivity index (χ1v) is 14.1. The lowest BCUT2D eigenvalue weighted by Gasteiger charge is -2.30. The van der Waals surface area contributed by atoms with Gasteiger partial charge in [-0.2, -0.15) is 0 Å². The number of Topliss-reactive ketones (excluding diaryl/α,β-unsaturated/α-hetero) is 1. The van der Waals surface area contributed by atoms with E-state index in [0.717, 1.165) is 44.1 Å². The first-order valence-electron chi connectivity index (χ1n) is 13.8. The Bertz CT molecular complexity index is 858. The van der Waals surface area contributed by atoms with Crippen molar-refractivity contribution in [1.29, 1.82) is 0 Å². The van der Waals surface area contributed by atoms with E-state index in [0.29, 0.717) is 13.0 Å². The molecule has 0 saturated carbocycles. The zero-order valence-corrected chi connectivity index (χ0v) is 23.7. The van der Waals surface area contributed by atoms with Crippen LogP contribution in [0.4, 0.5) is 0 Å². The lowest BCUT2D eigenvalue weighted by molar-refractivity contribution is -0.262. The lowest BCUT2D eigenvalue weighted by atomic mass is 9.95. The number of ether oxygens (including phenoxy) is 4. The van der Waals surface area contributed by atoms with Gasteiger partial charge in [0.1, 0.15) is 18.3 Å². The summed E-state index contributed by atoms with van der Waals surface area (Å²) in [6.07, 6.45) is 7.11. The average molecular weight is 525 g/mol. The standard InChI is InChI=1S/C29H45ClO6/c1-7-10-13-22-17-16-21(18-23(22)14-11-8-2)19-32-26-25(24(35-30)15-12-9-3)33-29(20(4)31)27(26)34-28(5,6)36-29/h16-18,24-27H,7-15,19H2,1-6H3/t24-,25+,26-,27+,29+/m0/s1. The van der Waals surface area contributed by atoms with Gasteiger partial charge in [-0.25, -0.2) is 0 Å². The van der Waals surface area contributed by atoms with Gasteiger partial charge in [0.2, 0.25) is 0 Å². The minimum absolute atomic E-state index is 0.250. The third-order valence-corrected chi connectivity index (χ3v) is 7.47. The summed E-state index contributed by atoms with van der Waals surface area (Å²) in [6.45, 7) is 12.0. The van der Waals surface area contributed by atoms with Gasteiger partial charge in [-0.1, -0.05) is 64.7 Å². The van der Waals surface area contributed by atoms with Crippen LogP contribution in [0, 0.1) is 0 Å². The predicted molar refractivity (Wildman–Crippen MR) is 141 cm³/mol. The van der Waals surface area contributed by atoms with Crippen LogP contribution >= 0.6 is 11.9 Å². The molecular formula is C29H45ClO6. The van der Waals surface area contributed by atoms with Crippen LogP contribution in [0.1, 0.15) is 103 Å². The predicted octanol–water partition coefficient (Wildman–Crippen LogP) is 6.82. The van der Waals surface area contributed by atoms with Crippen molar-refractivity contribution >= 4 is 17.6 Å². The summed E-state index contributed by atoms with van der Waals surface area (Å²) in [5, 5.41) is 0. The van der Waals surface area contributed by atoms with E-state index in [1.165, 1.54) is 30.9 Å². The van der Waals surface area contributed by atoms with Crippen LogP contribution in [-0.4, -0.2) is 41.8 Å². The molecule has 2 saturated heterocycles. The number of hydrogen-bond donors (Lipinski definition) is 0. The van der Waals surface area contributed by atoms with Gasteiger partial charge >= 0.3 is 0 Å². The van der Waals surface area contributed by atoms with E-state index < -0.39 is 36.0 Å². The van der Waals surface area contributed by atoms with Crippen molar-refractivity contribution in [2.45, 2.75) is 142 Å². The maximum absolute atomic E-state index is 12.8. The number of carbonyl (C=O) groups excluding carboxylic acids is 1. The minimum atomic E-state index is -1.53. The Kier molecular flexibility index (Phi) is 10.8. The largest absolute Gasteiger partial charge is 0.368 e. The molecule has 0 aromatic heterocycles. The summed E-state index contributed by atoms with van der Waals surface area (Å²) in [5.41, 5.74) is 3.92. The number of benzene rings is 1. The van der Waals surface area contributed by atoms with Crippen molar-refractivity contribution in [2.75, 3.05) is 0 Å². The van der Waals surface area contributed by atoms with Crippen LogP contribution in [0.2, 0.25) is 0 Å². The summed E-state index contributed by atoms with van der Waals surface area (Å²) >= 11 is 5.93. The highest BCUT2D eigenvalue weighted by Gasteiger charge is 2.69. The third-order valence-electron chi connectivity index (χ3n) is 7.24. The highest BCUT2D eigenvalue weighted by atomic mass is 35.5. The topological polar surface area (TPSA) is 63.2 Å². The summed E-state index contributed by atoms with van der Waals surface area (Å²) in [6, 6.07) is 6.66. The second-order valence-electron chi connectivity index (χ2n) is 10.7. The Labute approximate surface area is 222 Å². The van der Waals surface area contributed by atoms with Gasteiger partial charge < -0.3 is 18.9 Å². The summed E-state index contributed by atoms with van der Waals surface area (Å²) < 4.78 is 30.5. The van der Waals surface area contributed by atoms with Crippen molar-refractivity contribution in [1.82, 2.24) is 0 Å². The van der Waals surface area contributed by atoms with Gasteiger partial charge in [0.05, 0.1) is 18.5 Å². The van der Waals surface area contributed by atoms with Gasteiger partial charge in [-0.05, 0) is 62.6 Å². The van der Waals surface area contributed by atoms with Crippen LogP contribution in [0.15, 0.2) is 18.2 Å². The molecule has 36 heavy (non-hydrogen) atoms. The van der Waals surface area contributed by atoms with Crippen LogP contribution in [-0.2, 0) is 47.5 Å². The number of fused-ring (bicyclic) bond motifs is 1. The molecule has 0 spiro atoms. The molecule has 2 aliphatic rings. The molecule has 2 heterocycles. The van der Waals surface area contributed by atoms with E-state index in [4.69, 9.17) is 35.1 Å². The summed E-state index contributed by atoms with van der Waals surface area (Å²) in [5.74, 6) is -2.76. The maximum atomic E-state index is 12.8. The fraction of sp³-hybridized carbons (Fsp3) is 0.759. The first-order chi connectivity index (χ1) is 17.2. The van der Waals surface area contributed by atoms with Crippen molar-refractivity contribution in [3.8, 4) is 0 Å². The fourth-order valence-electron chi connectivity index (χ4n) is 5.31. The fourth-order valence-corrected chi connectivity index (χ4v) is 5.50. The summed E-state index contributed by atoms with van der Waals surface area (Å²) in [7, 11) is 0. The second-order valence-corrected chi connectivity index (χ2v) is 10.9.